The summed E-state index contributed by atoms with van der Waals surface area (Å²) in [5.41, 5.74) is 1.33. The predicted molar refractivity (Wildman–Crippen MR) is 103 cm³/mol. The summed E-state index contributed by atoms with van der Waals surface area (Å²) < 4.78 is 1.69. The number of imide groups is 1. The number of phenolic OH excluding ortho intramolecular Hbond substituents is 2. The molecule has 0 aliphatic carbocycles. The largest absolute Gasteiger partial charge is 0.504 e. The summed E-state index contributed by atoms with van der Waals surface area (Å²) in [6.07, 6.45) is 1.51. The van der Waals surface area contributed by atoms with Crippen LogP contribution in [0.2, 0.25) is 0 Å². The van der Waals surface area contributed by atoms with Crippen molar-refractivity contribution in [2.75, 3.05) is 0 Å². The van der Waals surface area contributed by atoms with Gasteiger partial charge in [0.2, 0.25) is 0 Å². The summed E-state index contributed by atoms with van der Waals surface area (Å²) in [5, 5.41) is 18.5. The van der Waals surface area contributed by atoms with Gasteiger partial charge < -0.3 is 10.2 Å². The zero-order valence-corrected chi connectivity index (χ0v) is 16.6. The van der Waals surface area contributed by atoms with Gasteiger partial charge in [0.1, 0.15) is 0 Å². The smallest absolute Gasteiger partial charge is 0.293 e. The number of rotatable bonds is 3. The van der Waals surface area contributed by atoms with Crippen LogP contribution in [0, 0.1) is 0 Å². The number of nitrogens with zero attached hydrogens (tertiary/aromatic N) is 1. The van der Waals surface area contributed by atoms with Crippen molar-refractivity contribution >= 4 is 60.8 Å². The van der Waals surface area contributed by atoms with Crippen LogP contribution in [0.15, 0.2) is 50.2 Å². The number of benzene rings is 2. The van der Waals surface area contributed by atoms with Gasteiger partial charge in [-0.05, 0) is 59.3 Å². The molecule has 0 spiro atoms. The highest BCUT2D eigenvalue weighted by molar-refractivity contribution is 9.11. The van der Waals surface area contributed by atoms with E-state index in [0.29, 0.717) is 5.56 Å². The van der Waals surface area contributed by atoms with Crippen molar-refractivity contribution in [2.24, 2.45) is 0 Å². The van der Waals surface area contributed by atoms with Crippen molar-refractivity contribution < 1.29 is 19.8 Å². The first-order valence-electron chi connectivity index (χ1n) is 7.06. The molecule has 0 bridgehead atoms. The first-order chi connectivity index (χ1) is 11.8. The van der Waals surface area contributed by atoms with E-state index in [1.54, 1.807) is 6.07 Å². The lowest BCUT2D eigenvalue weighted by Gasteiger charge is -2.13. The Hall–Kier alpha value is -1.77. The first kappa shape index (κ1) is 18.0. The van der Waals surface area contributed by atoms with Crippen LogP contribution in [0.4, 0.5) is 4.79 Å². The van der Waals surface area contributed by atoms with Crippen molar-refractivity contribution in [3.63, 3.8) is 0 Å². The summed E-state index contributed by atoms with van der Waals surface area (Å²) in [6.45, 7) is 0.168. The highest BCUT2D eigenvalue weighted by atomic mass is 79.9. The fourth-order valence-corrected chi connectivity index (χ4v) is 4.53. The lowest BCUT2D eigenvalue weighted by molar-refractivity contribution is -0.123. The van der Waals surface area contributed by atoms with Crippen LogP contribution in [0.25, 0.3) is 6.08 Å². The number of hydrogen-bond acceptors (Lipinski definition) is 5. The number of amides is 2. The quantitative estimate of drug-likeness (QED) is 0.480. The Morgan fingerprint density at radius 1 is 1.00 bits per heavy atom. The molecule has 2 N–H and O–H groups in total. The second-order valence-electron chi connectivity index (χ2n) is 5.29. The van der Waals surface area contributed by atoms with E-state index in [9.17, 15) is 19.8 Å². The maximum Gasteiger partial charge on any atom is 0.293 e. The SMILES string of the molecule is O=C1S/C(=C\c2ccc(O)c(O)c2)C(=O)N1Cc1cc(Br)cc(Br)c1. The Morgan fingerprint density at radius 2 is 1.68 bits per heavy atom. The minimum atomic E-state index is -0.390. The summed E-state index contributed by atoms with van der Waals surface area (Å²) in [7, 11) is 0. The van der Waals surface area contributed by atoms with E-state index in [1.807, 2.05) is 18.2 Å². The Kier molecular flexibility index (Phi) is 5.21. The molecule has 1 fully saturated rings. The van der Waals surface area contributed by atoms with Crippen LogP contribution in [0.1, 0.15) is 11.1 Å². The molecule has 0 saturated carbocycles. The number of hydrogen-bond donors (Lipinski definition) is 2. The molecule has 1 aliphatic heterocycles. The molecule has 1 saturated heterocycles. The molecule has 0 atom stereocenters. The van der Waals surface area contributed by atoms with E-state index in [1.165, 1.54) is 23.1 Å². The third-order valence-electron chi connectivity index (χ3n) is 3.43. The highest BCUT2D eigenvalue weighted by Crippen LogP contribution is 2.35. The van der Waals surface area contributed by atoms with Crippen molar-refractivity contribution in [3.05, 3.63) is 61.4 Å². The zero-order chi connectivity index (χ0) is 18.1. The molecule has 3 rings (SSSR count). The summed E-state index contributed by atoms with van der Waals surface area (Å²) >= 11 is 7.61. The Labute approximate surface area is 164 Å². The van der Waals surface area contributed by atoms with Crippen molar-refractivity contribution in [3.8, 4) is 11.5 Å². The van der Waals surface area contributed by atoms with Gasteiger partial charge in [0, 0.05) is 8.95 Å². The van der Waals surface area contributed by atoms with Gasteiger partial charge in [-0.1, -0.05) is 37.9 Å². The average molecular weight is 485 g/mol. The second-order valence-corrected chi connectivity index (χ2v) is 8.12. The minimum Gasteiger partial charge on any atom is -0.504 e. The van der Waals surface area contributed by atoms with E-state index >= 15 is 0 Å². The third-order valence-corrected chi connectivity index (χ3v) is 5.26. The third kappa shape index (κ3) is 4.08. The van der Waals surface area contributed by atoms with Crippen LogP contribution in [0.3, 0.4) is 0 Å². The number of thioether (sulfide) groups is 1. The standard InChI is InChI=1S/C17H11Br2NO4S/c18-11-3-10(4-12(19)7-11)8-20-16(23)15(25-17(20)24)6-9-1-2-13(21)14(22)5-9/h1-7,21-22H,8H2/b15-6-. The molecule has 0 radical (unpaired) electrons. The number of carbonyl (C=O) groups excluding carboxylic acids is 2. The molecule has 0 aromatic heterocycles. The molecule has 2 aromatic carbocycles. The molecule has 25 heavy (non-hydrogen) atoms. The summed E-state index contributed by atoms with van der Waals surface area (Å²) in [5.74, 6) is -0.920. The van der Waals surface area contributed by atoms with Gasteiger partial charge in [-0.15, -0.1) is 0 Å². The second kappa shape index (κ2) is 7.23. The molecule has 1 aliphatic rings. The molecular weight excluding hydrogens is 474 g/mol. The normalized spacial score (nSPS) is 16.1. The fourth-order valence-electron chi connectivity index (χ4n) is 2.30. The fraction of sp³-hybridized carbons (Fsp3) is 0.0588. The zero-order valence-electron chi connectivity index (χ0n) is 12.6. The number of aromatic hydroxyl groups is 2. The molecule has 1 heterocycles. The number of carbonyl (C=O) groups is 2. The van der Waals surface area contributed by atoms with Crippen molar-refractivity contribution in [1.82, 2.24) is 4.90 Å². The van der Waals surface area contributed by atoms with Gasteiger partial charge >= 0.3 is 0 Å². The number of halogens is 2. The van der Waals surface area contributed by atoms with Gasteiger partial charge in [-0.25, -0.2) is 0 Å². The van der Waals surface area contributed by atoms with Gasteiger partial charge in [-0.2, -0.15) is 0 Å². The Morgan fingerprint density at radius 3 is 2.32 bits per heavy atom. The predicted octanol–water partition coefficient (Wildman–Crippen LogP) is 4.86. The Bertz CT molecular complexity index is 893. The van der Waals surface area contributed by atoms with E-state index in [2.05, 4.69) is 31.9 Å². The molecule has 0 unspecified atom stereocenters. The van der Waals surface area contributed by atoms with Crippen LogP contribution in [-0.4, -0.2) is 26.3 Å². The molecule has 5 nitrogen and oxygen atoms in total. The minimum absolute atomic E-state index is 0.168. The monoisotopic (exact) mass is 483 g/mol. The van der Waals surface area contributed by atoms with Crippen molar-refractivity contribution in [2.45, 2.75) is 6.54 Å². The topological polar surface area (TPSA) is 77.8 Å². The molecular formula is C17H11Br2NO4S. The van der Waals surface area contributed by atoms with Gasteiger partial charge in [0.15, 0.2) is 11.5 Å². The van der Waals surface area contributed by atoms with E-state index < -0.39 is 5.91 Å². The first-order valence-corrected chi connectivity index (χ1v) is 9.46. The molecule has 128 valence electrons. The van der Waals surface area contributed by atoms with Crippen LogP contribution in [-0.2, 0) is 11.3 Å². The molecule has 2 amide bonds. The van der Waals surface area contributed by atoms with Gasteiger partial charge in [-0.3, -0.25) is 14.5 Å². The summed E-state index contributed by atoms with van der Waals surface area (Å²) in [4.78, 5) is 26.2. The van der Waals surface area contributed by atoms with E-state index in [-0.39, 0.29) is 28.2 Å². The van der Waals surface area contributed by atoms with Gasteiger partial charge in [0.25, 0.3) is 11.1 Å². The average Bonchev–Trinajstić information content (AvgIpc) is 2.78. The maximum atomic E-state index is 12.5. The Balaban J connectivity index is 1.84. The van der Waals surface area contributed by atoms with Crippen LogP contribution >= 0.6 is 43.6 Å². The van der Waals surface area contributed by atoms with E-state index in [4.69, 9.17) is 0 Å². The lowest BCUT2D eigenvalue weighted by Crippen LogP contribution is -2.27. The van der Waals surface area contributed by atoms with Crippen molar-refractivity contribution in [1.29, 1.82) is 0 Å². The highest BCUT2D eigenvalue weighted by Gasteiger charge is 2.35. The van der Waals surface area contributed by atoms with Crippen LogP contribution in [0.5, 0.6) is 11.5 Å². The molecule has 8 heteroatoms. The molecule has 2 aromatic rings. The van der Waals surface area contributed by atoms with E-state index in [0.717, 1.165) is 26.3 Å². The number of phenols is 2. The summed E-state index contributed by atoms with van der Waals surface area (Å²) in [6, 6.07) is 9.76. The lowest BCUT2D eigenvalue weighted by atomic mass is 10.2. The van der Waals surface area contributed by atoms with Crippen LogP contribution < -0.4 is 0 Å². The van der Waals surface area contributed by atoms with Gasteiger partial charge in [0.05, 0.1) is 11.4 Å². The maximum absolute atomic E-state index is 12.5.